The van der Waals surface area contributed by atoms with Crippen molar-refractivity contribution in [3.8, 4) is 17.1 Å². The van der Waals surface area contributed by atoms with E-state index in [-0.39, 0.29) is 11.7 Å². The summed E-state index contributed by atoms with van der Waals surface area (Å²) in [5, 5.41) is 7.69. The minimum Gasteiger partial charge on any atom is -0.481 e. The van der Waals surface area contributed by atoms with Crippen LogP contribution in [0.4, 0.5) is 0 Å². The molecule has 1 aromatic carbocycles. The number of fused-ring (bicyclic) bond motifs is 1. The Hall–Kier alpha value is -2.05. The van der Waals surface area contributed by atoms with Gasteiger partial charge in [-0.05, 0) is 18.1 Å². The third-order valence-electron chi connectivity index (χ3n) is 3.74. The molecule has 0 bridgehead atoms. The van der Waals surface area contributed by atoms with Crippen molar-refractivity contribution in [2.24, 2.45) is 0 Å². The first kappa shape index (κ1) is 17.8. The first-order valence-corrected chi connectivity index (χ1v) is 9.17. The summed E-state index contributed by atoms with van der Waals surface area (Å²) in [7, 11) is -0.466. The van der Waals surface area contributed by atoms with Gasteiger partial charge in [-0.25, -0.2) is 10.1 Å². The summed E-state index contributed by atoms with van der Waals surface area (Å²) in [4.78, 5) is 34.7. The molecule has 9 heteroatoms. The molecule has 0 radical (unpaired) electrons. The van der Waals surface area contributed by atoms with Crippen LogP contribution in [0.25, 0.3) is 22.0 Å². The molecule has 3 aromatic rings. The van der Waals surface area contributed by atoms with Gasteiger partial charge in [0.25, 0.3) is 5.56 Å². The maximum absolute atomic E-state index is 12.2. The van der Waals surface area contributed by atoms with Crippen molar-refractivity contribution in [1.82, 2.24) is 15.2 Å². The highest BCUT2D eigenvalue weighted by Gasteiger charge is 2.14. The van der Waals surface area contributed by atoms with E-state index in [0.29, 0.717) is 39.4 Å². The molecule has 0 amide bonds. The minimum atomic E-state index is -1.96. The quantitative estimate of drug-likeness (QED) is 0.588. The van der Waals surface area contributed by atoms with E-state index in [1.807, 2.05) is 0 Å². The topological polar surface area (TPSA) is 108 Å². The number of aromatic amines is 1. The van der Waals surface area contributed by atoms with Crippen molar-refractivity contribution >= 4 is 30.7 Å². The molecule has 0 saturated carbocycles. The zero-order chi connectivity index (χ0) is 18.0. The van der Waals surface area contributed by atoms with E-state index in [0.717, 1.165) is 5.56 Å². The van der Waals surface area contributed by atoms with Crippen LogP contribution in [0.15, 0.2) is 35.3 Å². The molecule has 2 aromatic heterocycles. The highest BCUT2D eigenvalue weighted by molar-refractivity contribution is 7.45. The van der Waals surface area contributed by atoms with Gasteiger partial charge in [-0.3, -0.25) is 4.79 Å². The van der Waals surface area contributed by atoms with Crippen LogP contribution in [0.3, 0.4) is 0 Å². The molecule has 2 heterocycles. The Morgan fingerprint density at radius 2 is 2.12 bits per heavy atom. The Balaban J connectivity index is 2.13. The first-order valence-electron chi connectivity index (χ1n) is 7.36. The lowest BCUT2D eigenvalue weighted by atomic mass is 10.0. The Morgan fingerprint density at radius 1 is 1.32 bits per heavy atom. The van der Waals surface area contributed by atoms with Gasteiger partial charge in [0.15, 0.2) is 8.38 Å². The second-order valence-electron chi connectivity index (χ2n) is 5.33. The van der Waals surface area contributed by atoms with Gasteiger partial charge in [0.1, 0.15) is 0 Å². The number of nitrogens with one attached hydrogen (secondary N) is 1. The van der Waals surface area contributed by atoms with Gasteiger partial charge in [-0.15, -0.1) is 0 Å². The lowest BCUT2D eigenvalue weighted by Gasteiger charge is -2.10. The molecule has 0 spiro atoms. The van der Waals surface area contributed by atoms with Crippen molar-refractivity contribution in [2.45, 2.75) is 6.42 Å². The van der Waals surface area contributed by atoms with Crippen LogP contribution in [0.1, 0.15) is 5.56 Å². The molecule has 0 atom stereocenters. The summed E-state index contributed by atoms with van der Waals surface area (Å²) in [6.07, 6.45) is 2.24. The van der Waals surface area contributed by atoms with Gasteiger partial charge in [0, 0.05) is 28.2 Å². The predicted molar refractivity (Wildman–Crippen MR) is 97.1 cm³/mol. The lowest BCUT2D eigenvalue weighted by Crippen LogP contribution is -2.10. The number of rotatable bonds is 5. The molecule has 0 aliphatic carbocycles. The second kappa shape index (κ2) is 7.45. The normalized spacial score (nSPS) is 11.2. The Morgan fingerprint density at radius 3 is 2.80 bits per heavy atom. The number of halogens is 1. The zero-order valence-electron chi connectivity index (χ0n) is 13.2. The van der Waals surface area contributed by atoms with Crippen molar-refractivity contribution in [2.75, 3.05) is 13.3 Å². The molecule has 0 saturated heterocycles. The van der Waals surface area contributed by atoms with Crippen LogP contribution in [0.5, 0.6) is 5.88 Å². The molecular formula is C16H15ClN3O4P. The number of hydrogen-bond acceptors (Lipinski definition) is 6. The maximum atomic E-state index is 12.2. The van der Waals surface area contributed by atoms with Crippen molar-refractivity contribution in [3.63, 3.8) is 0 Å². The fourth-order valence-electron chi connectivity index (χ4n) is 2.53. The number of aromatic nitrogens is 3. The van der Waals surface area contributed by atoms with Gasteiger partial charge >= 0.3 is 0 Å². The fourth-order valence-corrected chi connectivity index (χ4v) is 3.24. The number of H-pyrrole nitrogens is 1. The zero-order valence-corrected chi connectivity index (χ0v) is 14.9. The molecule has 0 aliphatic rings. The monoisotopic (exact) mass is 379 g/mol. The van der Waals surface area contributed by atoms with E-state index >= 15 is 0 Å². The van der Waals surface area contributed by atoms with Crippen LogP contribution in [0.2, 0.25) is 5.02 Å². The average molecular weight is 380 g/mol. The summed E-state index contributed by atoms with van der Waals surface area (Å²) < 4.78 is 5.21. The predicted octanol–water partition coefficient (Wildman–Crippen LogP) is 2.49. The van der Waals surface area contributed by atoms with Gasteiger partial charge in [0.05, 0.1) is 24.4 Å². The summed E-state index contributed by atoms with van der Waals surface area (Å²) >= 11 is 6.31. The number of hydrogen-bond donors (Lipinski definition) is 3. The number of aryl methyl sites for hydroxylation is 1. The molecule has 0 fully saturated rings. The summed E-state index contributed by atoms with van der Waals surface area (Å²) in [5.74, 6) is 0.362. The van der Waals surface area contributed by atoms with E-state index in [1.54, 1.807) is 24.3 Å². The largest absolute Gasteiger partial charge is 0.481 e. The Labute approximate surface area is 149 Å². The Kier molecular flexibility index (Phi) is 5.30. The highest BCUT2D eigenvalue weighted by Crippen LogP contribution is 2.32. The third kappa shape index (κ3) is 3.80. The van der Waals surface area contributed by atoms with Crippen molar-refractivity contribution < 1.29 is 14.5 Å². The van der Waals surface area contributed by atoms with Gasteiger partial charge in [-0.1, -0.05) is 23.7 Å². The number of pyridine rings is 1. The number of ether oxygens (including phenoxy) is 1. The number of nitrogens with zero attached hydrogens (tertiary/aromatic N) is 2. The Bertz CT molecular complexity index is 977. The van der Waals surface area contributed by atoms with Gasteiger partial charge in [0.2, 0.25) is 5.88 Å². The molecule has 0 unspecified atom stereocenters. The summed E-state index contributed by atoms with van der Waals surface area (Å²) in [5.41, 5.74) is 1.54. The maximum Gasteiger partial charge on any atom is 0.274 e. The number of benzene rings is 1. The molecule has 3 rings (SSSR count). The van der Waals surface area contributed by atoms with E-state index in [4.69, 9.17) is 26.1 Å². The third-order valence-corrected chi connectivity index (χ3v) is 4.72. The molecule has 7 nitrogen and oxygen atoms in total. The standard InChI is InChI=1S/C16H15ClN3O4P/c1-24-13-7-11-8-18-20-16(21)14(11)15(19-13)10-3-2-9(12(17)6-10)4-5-25(22)23/h2-3,6-8,22-23H,4-5H2,1H3,(H,20,21). The molecule has 0 aliphatic heterocycles. The van der Waals surface area contributed by atoms with Crippen molar-refractivity contribution in [1.29, 1.82) is 0 Å². The van der Waals surface area contributed by atoms with Crippen LogP contribution in [0, 0.1) is 0 Å². The molecular weight excluding hydrogens is 365 g/mol. The van der Waals surface area contributed by atoms with Gasteiger partial charge < -0.3 is 14.5 Å². The van der Waals surface area contributed by atoms with Crippen LogP contribution in [-0.4, -0.2) is 38.2 Å². The van der Waals surface area contributed by atoms with E-state index in [2.05, 4.69) is 15.2 Å². The summed E-state index contributed by atoms with van der Waals surface area (Å²) in [6, 6.07) is 6.93. The molecule has 25 heavy (non-hydrogen) atoms. The van der Waals surface area contributed by atoms with Gasteiger partial charge in [-0.2, -0.15) is 5.10 Å². The minimum absolute atomic E-state index is 0.250. The number of methoxy groups -OCH3 is 1. The van der Waals surface area contributed by atoms with E-state index < -0.39 is 8.38 Å². The smallest absolute Gasteiger partial charge is 0.274 e. The van der Waals surface area contributed by atoms with Crippen LogP contribution in [-0.2, 0) is 6.42 Å². The van der Waals surface area contributed by atoms with E-state index in [9.17, 15) is 4.79 Å². The fraction of sp³-hybridized carbons (Fsp3) is 0.188. The lowest BCUT2D eigenvalue weighted by molar-refractivity contribution is 0.399. The average Bonchev–Trinajstić information content (AvgIpc) is 2.59. The summed E-state index contributed by atoms with van der Waals surface area (Å²) in [6.45, 7) is 0. The van der Waals surface area contributed by atoms with Crippen molar-refractivity contribution in [3.05, 3.63) is 51.4 Å². The molecule has 130 valence electrons. The SMILES string of the molecule is COc1cc2cn[nH]c(=O)c2c(-c2ccc(CCP(O)O)c(Cl)c2)n1. The highest BCUT2D eigenvalue weighted by atomic mass is 35.5. The van der Waals surface area contributed by atoms with Crippen LogP contribution < -0.4 is 10.3 Å². The molecule has 3 N–H and O–H groups in total. The van der Waals surface area contributed by atoms with Crippen LogP contribution >= 0.6 is 20.0 Å². The van der Waals surface area contributed by atoms with E-state index in [1.165, 1.54) is 13.3 Å². The first-order chi connectivity index (χ1) is 12.0. The second-order valence-corrected chi connectivity index (χ2v) is 6.93.